The van der Waals surface area contributed by atoms with Crippen molar-refractivity contribution in [1.82, 2.24) is 9.80 Å². The summed E-state index contributed by atoms with van der Waals surface area (Å²) in [6.07, 6.45) is 4.39. The van der Waals surface area contributed by atoms with Crippen LogP contribution in [-0.2, 0) is 0 Å². The standard InChI is InChI=1S/C15H30N2/c1-4-16-7-9-17(10-8-16)12-15-6-5-13(2)11-14(15)3/h13-15H,4-12H2,1-3H3. The smallest absolute Gasteiger partial charge is 0.0110 e. The monoisotopic (exact) mass is 238 g/mol. The van der Waals surface area contributed by atoms with Crippen molar-refractivity contribution in [3.63, 3.8) is 0 Å². The van der Waals surface area contributed by atoms with Gasteiger partial charge in [-0.15, -0.1) is 0 Å². The fourth-order valence-corrected chi connectivity index (χ4v) is 3.62. The van der Waals surface area contributed by atoms with Gasteiger partial charge < -0.3 is 9.80 Å². The fourth-order valence-electron chi connectivity index (χ4n) is 3.62. The third-order valence-electron chi connectivity index (χ3n) is 5.01. The summed E-state index contributed by atoms with van der Waals surface area (Å²) in [4.78, 5) is 5.28. The van der Waals surface area contributed by atoms with Crippen molar-refractivity contribution in [1.29, 1.82) is 0 Å². The minimum absolute atomic E-state index is 0.947. The SMILES string of the molecule is CCN1CCN(CC2CCC(C)CC2C)CC1. The zero-order valence-electron chi connectivity index (χ0n) is 12.0. The van der Waals surface area contributed by atoms with Crippen LogP contribution in [0.1, 0.15) is 40.0 Å². The Bertz CT molecular complexity index is 221. The largest absolute Gasteiger partial charge is 0.301 e. The van der Waals surface area contributed by atoms with Crippen LogP contribution in [0.5, 0.6) is 0 Å². The van der Waals surface area contributed by atoms with Crippen LogP contribution in [0.25, 0.3) is 0 Å². The summed E-state index contributed by atoms with van der Waals surface area (Å²) in [6.45, 7) is 14.9. The molecule has 0 N–H and O–H groups in total. The van der Waals surface area contributed by atoms with E-state index in [1.54, 1.807) is 0 Å². The van der Waals surface area contributed by atoms with E-state index in [1.807, 2.05) is 0 Å². The maximum Gasteiger partial charge on any atom is 0.0110 e. The molecule has 2 rings (SSSR count). The molecule has 3 atom stereocenters. The molecular weight excluding hydrogens is 208 g/mol. The second kappa shape index (κ2) is 6.19. The molecule has 0 bridgehead atoms. The predicted octanol–water partition coefficient (Wildman–Crippen LogP) is 2.70. The summed E-state index contributed by atoms with van der Waals surface area (Å²) in [5.41, 5.74) is 0. The molecule has 3 unspecified atom stereocenters. The topological polar surface area (TPSA) is 6.48 Å². The first kappa shape index (κ1) is 13.4. The second-order valence-corrected chi connectivity index (χ2v) is 6.39. The first-order valence-electron chi connectivity index (χ1n) is 7.63. The van der Waals surface area contributed by atoms with Gasteiger partial charge in [-0.3, -0.25) is 0 Å². The Hall–Kier alpha value is -0.0800. The maximum absolute atomic E-state index is 2.71. The van der Waals surface area contributed by atoms with E-state index in [0.717, 1.165) is 17.8 Å². The zero-order valence-corrected chi connectivity index (χ0v) is 12.0. The van der Waals surface area contributed by atoms with Crippen LogP contribution in [-0.4, -0.2) is 49.1 Å². The number of hydrogen-bond acceptors (Lipinski definition) is 2. The van der Waals surface area contributed by atoms with Crippen LogP contribution in [0.4, 0.5) is 0 Å². The van der Waals surface area contributed by atoms with Crippen LogP contribution < -0.4 is 0 Å². The lowest BCUT2D eigenvalue weighted by molar-refractivity contribution is 0.0895. The molecule has 0 spiro atoms. The van der Waals surface area contributed by atoms with Crippen LogP contribution >= 0.6 is 0 Å². The quantitative estimate of drug-likeness (QED) is 0.746. The van der Waals surface area contributed by atoms with E-state index in [1.165, 1.54) is 58.5 Å². The molecule has 1 heterocycles. The Morgan fingerprint density at radius 2 is 1.59 bits per heavy atom. The van der Waals surface area contributed by atoms with Crippen molar-refractivity contribution in [3.05, 3.63) is 0 Å². The molecule has 2 aliphatic rings. The average Bonchev–Trinajstić information content (AvgIpc) is 2.34. The van der Waals surface area contributed by atoms with Crippen molar-refractivity contribution < 1.29 is 0 Å². The van der Waals surface area contributed by atoms with Crippen LogP contribution in [0.15, 0.2) is 0 Å². The molecule has 1 aliphatic carbocycles. The van der Waals surface area contributed by atoms with Gasteiger partial charge in [0.15, 0.2) is 0 Å². The lowest BCUT2D eigenvalue weighted by Gasteiger charge is -2.39. The molecule has 1 saturated heterocycles. The van der Waals surface area contributed by atoms with Crippen LogP contribution in [0, 0.1) is 17.8 Å². The summed E-state index contributed by atoms with van der Waals surface area (Å²) in [6, 6.07) is 0. The van der Waals surface area contributed by atoms with Gasteiger partial charge in [-0.25, -0.2) is 0 Å². The Morgan fingerprint density at radius 3 is 2.18 bits per heavy atom. The third-order valence-corrected chi connectivity index (χ3v) is 5.01. The highest BCUT2D eigenvalue weighted by Crippen LogP contribution is 2.33. The van der Waals surface area contributed by atoms with E-state index >= 15 is 0 Å². The van der Waals surface area contributed by atoms with Crippen molar-refractivity contribution in [3.8, 4) is 0 Å². The van der Waals surface area contributed by atoms with Gasteiger partial charge in [0.05, 0.1) is 0 Å². The van der Waals surface area contributed by atoms with E-state index in [0.29, 0.717) is 0 Å². The normalized spacial score (nSPS) is 37.2. The van der Waals surface area contributed by atoms with Crippen LogP contribution in [0.2, 0.25) is 0 Å². The molecule has 0 radical (unpaired) electrons. The summed E-state index contributed by atoms with van der Waals surface area (Å²) in [7, 11) is 0. The molecule has 0 aromatic heterocycles. The summed E-state index contributed by atoms with van der Waals surface area (Å²) in [5, 5.41) is 0. The molecule has 1 saturated carbocycles. The number of rotatable bonds is 3. The molecule has 0 amide bonds. The molecule has 2 nitrogen and oxygen atoms in total. The van der Waals surface area contributed by atoms with Gasteiger partial charge in [-0.1, -0.05) is 27.2 Å². The third kappa shape index (κ3) is 3.69. The van der Waals surface area contributed by atoms with Gasteiger partial charge in [-0.2, -0.15) is 0 Å². The van der Waals surface area contributed by atoms with Gasteiger partial charge >= 0.3 is 0 Å². The molecule has 1 aliphatic heterocycles. The number of nitrogens with zero attached hydrogens (tertiary/aromatic N) is 2. The van der Waals surface area contributed by atoms with Gasteiger partial charge in [0, 0.05) is 32.7 Å². The molecule has 17 heavy (non-hydrogen) atoms. The van der Waals surface area contributed by atoms with Gasteiger partial charge in [0.25, 0.3) is 0 Å². The highest BCUT2D eigenvalue weighted by Gasteiger charge is 2.27. The second-order valence-electron chi connectivity index (χ2n) is 6.39. The predicted molar refractivity (Wildman–Crippen MR) is 74.2 cm³/mol. The van der Waals surface area contributed by atoms with Gasteiger partial charge in [0.1, 0.15) is 0 Å². The van der Waals surface area contributed by atoms with Gasteiger partial charge in [0.2, 0.25) is 0 Å². The average molecular weight is 238 g/mol. The zero-order chi connectivity index (χ0) is 12.3. The highest BCUT2D eigenvalue weighted by atomic mass is 15.3. The highest BCUT2D eigenvalue weighted by molar-refractivity contribution is 4.80. The van der Waals surface area contributed by atoms with Crippen molar-refractivity contribution in [2.45, 2.75) is 40.0 Å². The maximum atomic E-state index is 2.71. The minimum Gasteiger partial charge on any atom is -0.301 e. The van der Waals surface area contributed by atoms with E-state index in [4.69, 9.17) is 0 Å². The van der Waals surface area contributed by atoms with Crippen molar-refractivity contribution >= 4 is 0 Å². The van der Waals surface area contributed by atoms with Crippen LogP contribution in [0.3, 0.4) is 0 Å². The lowest BCUT2D eigenvalue weighted by Crippen LogP contribution is -2.48. The van der Waals surface area contributed by atoms with E-state index in [9.17, 15) is 0 Å². The Morgan fingerprint density at radius 1 is 0.941 bits per heavy atom. The summed E-state index contributed by atoms with van der Waals surface area (Å²) < 4.78 is 0. The molecule has 2 heteroatoms. The van der Waals surface area contributed by atoms with Gasteiger partial charge in [-0.05, 0) is 37.1 Å². The summed E-state index contributed by atoms with van der Waals surface area (Å²) in [5.74, 6) is 2.89. The first-order chi connectivity index (χ1) is 8.19. The van der Waals surface area contributed by atoms with Crippen molar-refractivity contribution in [2.24, 2.45) is 17.8 Å². The minimum atomic E-state index is 0.947. The van der Waals surface area contributed by atoms with E-state index < -0.39 is 0 Å². The Balaban J connectivity index is 1.74. The number of hydrogen-bond donors (Lipinski definition) is 0. The molecular formula is C15H30N2. The molecule has 2 fully saturated rings. The fraction of sp³-hybridized carbons (Fsp3) is 1.00. The first-order valence-corrected chi connectivity index (χ1v) is 7.63. The molecule has 0 aromatic carbocycles. The lowest BCUT2D eigenvalue weighted by atomic mass is 9.75. The Labute approximate surface area is 107 Å². The van der Waals surface area contributed by atoms with Crippen molar-refractivity contribution in [2.75, 3.05) is 39.3 Å². The molecule has 0 aromatic rings. The number of piperazine rings is 1. The summed E-state index contributed by atoms with van der Waals surface area (Å²) >= 11 is 0. The molecule has 100 valence electrons. The van der Waals surface area contributed by atoms with E-state index in [-0.39, 0.29) is 0 Å². The number of likely N-dealkylation sites (N-methyl/N-ethyl adjacent to an activating group) is 1. The Kier molecular flexibility index (Phi) is 4.87. The van der Waals surface area contributed by atoms with E-state index in [2.05, 4.69) is 30.6 Å².